The summed E-state index contributed by atoms with van der Waals surface area (Å²) in [7, 11) is 0. The first-order valence-corrected chi connectivity index (χ1v) is 32.9. The van der Waals surface area contributed by atoms with E-state index < -0.39 is 0 Å². The lowest BCUT2D eigenvalue weighted by Gasteiger charge is -2.34. The van der Waals surface area contributed by atoms with Crippen molar-refractivity contribution >= 4 is 85.0 Å². The van der Waals surface area contributed by atoms with Crippen LogP contribution >= 0.6 is 0 Å². The number of anilines is 7. The van der Waals surface area contributed by atoms with Crippen LogP contribution in [0.3, 0.4) is 0 Å². The molecule has 9 aromatic rings. The van der Waals surface area contributed by atoms with Gasteiger partial charge in [-0.15, -0.1) is 0 Å². The Bertz CT molecular complexity index is 4320. The van der Waals surface area contributed by atoms with Gasteiger partial charge in [0.25, 0.3) is 0 Å². The first-order chi connectivity index (χ1) is 45.9. The summed E-state index contributed by atoms with van der Waals surface area (Å²) in [5.74, 6) is 0. The van der Waals surface area contributed by atoms with Crippen molar-refractivity contribution in [2.75, 3.05) is 21.8 Å². The molecule has 3 aliphatic carbocycles. The maximum absolute atomic E-state index is 10.1. The van der Waals surface area contributed by atoms with Crippen LogP contribution in [0.25, 0.3) is 33.4 Å². The molecule has 0 bridgehead atoms. The Labute approximate surface area is 547 Å². The number of aromatic nitrogens is 1. The predicted molar refractivity (Wildman–Crippen MR) is 391 cm³/mol. The highest BCUT2D eigenvalue weighted by Gasteiger charge is 2.43. The van der Waals surface area contributed by atoms with Crippen LogP contribution in [-0.2, 0) is 5.41 Å². The fourth-order valence-electron chi connectivity index (χ4n) is 13.5. The van der Waals surface area contributed by atoms with Crippen molar-refractivity contribution in [3.05, 3.63) is 313 Å². The number of nitrogens with zero attached hydrogens (tertiary/aromatic N) is 5. The summed E-state index contributed by atoms with van der Waals surface area (Å²) in [6.07, 6.45) is 29.2. The number of rotatable bonds is 24. The van der Waals surface area contributed by atoms with Crippen LogP contribution in [0.15, 0.2) is 289 Å². The second kappa shape index (κ2) is 28.5. The van der Waals surface area contributed by atoms with Gasteiger partial charge in [0.2, 0.25) is 0 Å². The molecule has 0 radical (unpaired) electrons. The fraction of sp³-hybridized carbons (Fsp3) is 0.169. The minimum Gasteiger partial charge on any atom is -0.387 e. The predicted octanol–water partition coefficient (Wildman–Crippen LogP) is 20.6. The van der Waals surface area contributed by atoms with Crippen LogP contribution in [0.4, 0.5) is 39.8 Å². The minimum atomic E-state index is -0.317. The van der Waals surface area contributed by atoms with Crippen LogP contribution in [0.1, 0.15) is 111 Å². The van der Waals surface area contributed by atoms with Crippen molar-refractivity contribution in [2.45, 2.75) is 83.5 Å². The highest BCUT2D eigenvalue weighted by atomic mass is 15.3. The van der Waals surface area contributed by atoms with Gasteiger partial charge in [-0.05, 0) is 173 Å². The van der Waals surface area contributed by atoms with Crippen molar-refractivity contribution in [3.8, 4) is 11.1 Å². The molecular formula is C83H78N10. The quantitative estimate of drug-likeness (QED) is 0.0233. The monoisotopic (exact) mass is 1210 g/mol. The molecule has 0 atom stereocenters. The number of pyridine rings is 1. The molecule has 5 N–H and O–H groups in total. The van der Waals surface area contributed by atoms with E-state index in [1.165, 1.54) is 35.1 Å². The molecule has 1 aromatic heterocycles. The van der Waals surface area contributed by atoms with Gasteiger partial charge in [-0.1, -0.05) is 211 Å². The first kappa shape index (κ1) is 60.9. The molecule has 0 fully saturated rings. The van der Waals surface area contributed by atoms with E-state index >= 15 is 0 Å². The van der Waals surface area contributed by atoms with Gasteiger partial charge in [0.05, 0.1) is 22.8 Å². The van der Waals surface area contributed by atoms with Gasteiger partial charge in [-0.25, -0.2) is 0 Å². The zero-order chi connectivity index (χ0) is 63.4. The van der Waals surface area contributed by atoms with Gasteiger partial charge < -0.3 is 15.1 Å². The molecule has 2 heterocycles. The SMILES string of the molecule is CCCCCCC1(CCCCCC)c2cc(C3=CC=C(c4ccc(N(c5ccccc5)c5ccccc5)cc4)C(=N)C3=NNC3=CCNC=C3)ccc2-c2ccc(C3=CC=C(c4ccc(N(c5ccccc5)c5ccccc5)cc4)C(=N)C3=NNc3ccncc3)cc21. The van der Waals surface area contributed by atoms with Gasteiger partial charge in [-0.2, -0.15) is 10.2 Å². The summed E-state index contributed by atoms with van der Waals surface area (Å²) in [6.45, 7) is 5.27. The minimum absolute atomic E-state index is 0.317. The lowest BCUT2D eigenvalue weighted by atomic mass is 9.69. The van der Waals surface area contributed by atoms with Gasteiger partial charge in [-0.3, -0.25) is 26.7 Å². The van der Waals surface area contributed by atoms with Crippen LogP contribution in [0.2, 0.25) is 0 Å². The Hall–Kier alpha value is -11.0. The Balaban J connectivity index is 0.898. The average Bonchev–Trinajstić information content (AvgIpc) is 1.57. The van der Waals surface area contributed by atoms with E-state index in [4.69, 9.17) is 10.2 Å². The number of allylic oxidation sites excluding steroid dienone is 9. The second-order valence-corrected chi connectivity index (χ2v) is 24.2. The van der Waals surface area contributed by atoms with Gasteiger partial charge in [0, 0.05) is 80.8 Å². The Morgan fingerprint density at radius 1 is 0.441 bits per heavy atom. The van der Waals surface area contributed by atoms with Gasteiger partial charge in [0.1, 0.15) is 11.4 Å². The summed E-state index contributed by atoms with van der Waals surface area (Å²) >= 11 is 0. The van der Waals surface area contributed by atoms with Crippen molar-refractivity contribution < 1.29 is 0 Å². The number of hydrazone groups is 2. The Morgan fingerprint density at radius 3 is 1.25 bits per heavy atom. The summed E-state index contributed by atoms with van der Waals surface area (Å²) < 4.78 is 0. The zero-order valence-electron chi connectivity index (χ0n) is 53.0. The highest BCUT2D eigenvalue weighted by Crippen LogP contribution is 2.56. The molecule has 0 spiro atoms. The molecule has 4 aliphatic rings. The molecule has 93 heavy (non-hydrogen) atoms. The average molecular weight is 1220 g/mol. The van der Waals surface area contributed by atoms with E-state index in [1.807, 2.05) is 48.7 Å². The maximum atomic E-state index is 10.1. The topological polar surface area (TPSA) is 128 Å². The van der Waals surface area contributed by atoms with Crippen LogP contribution < -0.4 is 26.0 Å². The molecular weight excluding hydrogens is 1140 g/mol. The third kappa shape index (κ3) is 13.0. The summed E-state index contributed by atoms with van der Waals surface area (Å²) in [6, 6.07) is 76.7. The smallest absolute Gasteiger partial charge is 0.117 e. The van der Waals surface area contributed by atoms with E-state index in [-0.39, 0.29) is 5.41 Å². The summed E-state index contributed by atoms with van der Waals surface area (Å²) in [4.78, 5) is 8.78. The van der Waals surface area contributed by atoms with Crippen molar-refractivity contribution in [1.29, 1.82) is 10.8 Å². The van der Waals surface area contributed by atoms with Crippen molar-refractivity contribution in [1.82, 2.24) is 15.7 Å². The lowest BCUT2D eigenvalue weighted by molar-refractivity contribution is 0.401. The number of nitrogens with one attached hydrogen (secondary N) is 5. The molecule has 0 saturated heterocycles. The molecule has 8 aromatic carbocycles. The van der Waals surface area contributed by atoms with Gasteiger partial charge >= 0.3 is 0 Å². The number of benzene rings is 8. The van der Waals surface area contributed by atoms with E-state index in [1.54, 1.807) is 12.4 Å². The number of dihydropyridines is 1. The third-order valence-electron chi connectivity index (χ3n) is 18.3. The van der Waals surface area contributed by atoms with Crippen molar-refractivity contribution in [3.63, 3.8) is 0 Å². The molecule has 460 valence electrons. The van der Waals surface area contributed by atoms with E-state index in [0.717, 1.165) is 141 Å². The number of para-hydroxylation sites is 4. The van der Waals surface area contributed by atoms with E-state index in [9.17, 15) is 10.8 Å². The number of fused-ring (bicyclic) bond motifs is 3. The standard InChI is InChI=1S/C83H78N10/c1-3-5-7-21-51-83(52-22-8-6-4-2)77-57-61(73-45-43-71(79(84)81(73)90-88-63-47-53-86-54-48-63)59-31-37-69(38-32-59)92(65-23-13-9-14-24-65)66-25-15-10-16-26-66)35-41-75(77)76-42-36-62(58-78(76)83)74-46-44-72(80(85)82(74)91-89-64-49-55-87-56-50-64)60-33-39-70(40-34-60)93(67-27-17-11-18-28-67)68-29-19-12-20-30-68/h9-20,23-50,53-55,57-58,84-85,87,89H,3-8,21-22,51-52,56H2,1-2H3,(H,86,88). The number of unbranched alkanes of at least 4 members (excludes halogenated alkanes) is 6. The van der Waals surface area contributed by atoms with E-state index in [2.05, 4.69) is 257 Å². The molecule has 13 rings (SSSR count). The summed E-state index contributed by atoms with van der Waals surface area (Å²) in [5, 5.41) is 33.8. The number of hydrogen-bond acceptors (Lipinski definition) is 10. The van der Waals surface area contributed by atoms with Crippen LogP contribution in [-0.4, -0.2) is 34.4 Å². The normalized spacial score (nSPS) is 15.5. The molecule has 10 heteroatoms. The molecule has 0 saturated carbocycles. The Morgan fingerprint density at radius 2 is 0.839 bits per heavy atom. The Kier molecular flexibility index (Phi) is 18.6. The van der Waals surface area contributed by atoms with Crippen LogP contribution in [0, 0.1) is 10.8 Å². The number of hydrogen-bond donors (Lipinski definition) is 5. The van der Waals surface area contributed by atoms with E-state index in [0.29, 0.717) is 29.4 Å². The largest absolute Gasteiger partial charge is 0.387 e. The first-order valence-electron chi connectivity index (χ1n) is 32.9. The lowest BCUT2D eigenvalue weighted by Crippen LogP contribution is -2.27. The summed E-state index contributed by atoms with van der Waals surface area (Å²) in [5.41, 5.74) is 28.6. The highest BCUT2D eigenvalue weighted by molar-refractivity contribution is 6.70. The molecule has 1 aliphatic heterocycles. The van der Waals surface area contributed by atoms with Gasteiger partial charge in [0.15, 0.2) is 0 Å². The van der Waals surface area contributed by atoms with Crippen molar-refractivity contribution in [2.24, 2.45) is 10.2 Å². The fourth-order valence-corrected chi connectivity index (χ4v) is 13.5. The zero-order valence-corrected chi connectivity index (χ0v) is 53.0. The third-order valence-corrected chi connectivity index (χ3v) is 18.3. The second-order valence-electron chi connectivity index (χ2n) is 24.2. The maximum Gasteiger partial charge on any atom is 0.117 e. The molecule has 0 unspecified atom stereocenters. The molecule has 0 amide bonds. The molecule has 10 nitrogen and oxygen atoms in total. The van der Waals surface area contributed by atoms with Crippen LogP contribution in [0.5, 0.6) is 0 Å².